The zero-order valence-electron chi connectivity index (χ0n) is 11.7. The zero-order chi connectivity index (χ0) is 13.5. The predicted molar refractivity (Wildman–Crippen MR) is 75.4 cm³/mol. The molecule has 4 nitrogen and oxygen atoms in total. The quantitative estimate of drug-likeness (QED) is 0.769. The molecule has 1 aromatic carbocycles. The van der Waals surface area contributed by atoms with Crippen molar-refractivity contribution in [2.45, 2.75) is 32.1 Å². The van der Waals surface area contributed by atoms with E-state index < -0.39 is 0 Å². The van der Waals surface area contributed by atoms with Gasteiger partial charge in [-0.25, -0.2) is 0 Å². The number of hydrogen-bond acceptors (Lipinski definition) is 4. The van der Waals surface area contributed by atoms with Gasteiger partial charge in [0.25, 0.3) is 0 Å². The molecule has 4 heteroatoms. The molecule has 0 saturated carbocycles. The fraction of sp³-hybridized carbons (Fsp3) is 0.600. The van der Waals surface area contributed by atoms with Gasteiger partial charge in [-0.3, -0.25) is 0 Å². The molecule has 1 aliphatic rings. The molecule has 1 fully saturated rings. The Morgan fingerprint density at radius 3 is 3.00 bits per heavy atom. The third kappa shape index (κ3) is 4.49. The van der Waals surface area contributed by atoms with Gasteiger partial charge in [-0.15, -0.1) is 0 Å². The highest BCUT2D eigenvalue weighted by Gasteiger charge is 2.23. The summed E-state index contributed by atoms with van der Waals surface area (Å²) in [5.74, 6) is 0. The van der Waals surface area contributed by atoms with Crippen LogP contribution in [0.3, 0.4) is 0 Å². The van der Waals surface area contributed by atoms with Crippen molar-refractivity contribution >= 4 is 5.69 Å². The van der Waals surface area contributed by atoms with Crippen LogP contribution in [0.15, 0.2) is 24.3 Å². The Morgan fingerprint density at radius 1 is 1.37 bits per heavy atom. The van der Waals surface area contributed by atoms with Crippen LogP contribution >= 0.6 is 0 Å². The second-order valence-corrected chi connectivity index (χ2v) is 4.86. The van der Waals surface area contributed by atoms with E-state index in [0.717, 1.165) is 18.7 Å². The van der Waals surface area contributed by atoms with Gasteiger partial charge >= 0.3 is 0 Å². The maximum atomic E-state index is 5.56. The molecule has 1 heterocycles. The van der Waals surface area contributed by atoms with Crippen molar-refractivity contribution in [2.24, 2.45) is 0 Å². The summed E-state index contributed by atoms with van der Waals surface area (Å²) < 4.78 is 16.0. The molecule has 1 N–H and O–H groups in total. The molecular weight excluding hydrogens is 242 g/mol. The summed E-state index contributed by atoms with van der Waals surface area (Å²) in [6.45, 7) is 4.84. The average molecular weight is 265 g/mol. The molecule has 0 aromatic heterocycles. The smallest absolute Gasteiger partial charge is 0.0748 e. The topological polar surface area (TPSA) is 39.7 Å². The van der Waals surface area contributed by atoms with Crippen molar-refractivity contribution in [2.75, 3.05) is 32.2 Å². The summed E-state index contributed by atoms with van der Waals surface area (Å²) >= 11 is 0. The summed E-state index contributed by atoms with van der Waals surface area (Å²) in [6.07, 6.45) is 1.34. The largest absolute Gasteiger partial charge is 0.382 e. The molecule has 2 rings (SSSR count). The molecule has 0 radical (unpaired) electrons. The molecule has 2 atom stereocenters. The van der Waals surface area contributed by atoms with Gasteiger partial charge in [0.2, 0.25) is 0 Å². The van der Waals surface area contributed by atoms with E-state index in [1.54, 1.807) is 7.11 Å². The van der Waals surface area contributed by atoms with Crippen molar-refractivity contribution in [3.63, 3.8) is 0 Å². The molecule has 106 valence electrons. The van der Waals surface area contributed by atoms with Crippen molar-refractivity contribution in [1.29, 1.82) is 0 Å². The van der Waals surface area contributed by atoms with E-state index in [1.807, 2.05) is 0 Å². The van der Waals surface area contributed by atoms with Crippen molar-refractivity contribution in [1.82, 2.24) is 0 Å². The number of methoxy groups -OCH3 is 1. The van der Waals surface area contributed by atoms with Crippen LogP contribution in [0.5, 0.6) is 0 Å². The van der Waals surface area contributed by atoms with Crippen LogP contribution in [-0.2, 0) is 20.8 Å². The Labute approximate surface area is 115 Å². The highest BCUT2D eigenvalue weighted by molar-refractivity contribution is 5.46. The van der Waals surface area contributed by atoms with Gasteiger partial charge in [-0.2, -0.15) is 0 Å². The lowest BCUT2D eigenvalue weighted by molar-refractivity contribution is 0.0617. The first-order valence-corrected chi connectivity index (χ1v) is 6.83. The molecule has 0 aliphatic carbocycles. The van der Waals surface area contributed by atoms with Crippen molar-refractivity contribution in [3.05, 3.63) is 29.8 Å². The van der Waals surface area contributed by atoms with Crippen LogP contribution in [0, 0.1) is 0 Å². The first-order chi connectivity index (χ1) is 9.29. The maximum Gasteiger partial charge on any atom is 0.0748 e. The fourth-order valence-electron chi connectivity index (χ4n) is 2.22. The number of anilines is 1. The Bertz CT molecular complexity index is 383. The second-order valence-electron chi connectivity index (χ2n) is 4.86. The summed E-state index contributed by atoms with van der Waals surface area (Å²) in [5, 5.41) is 3.53. The minimum Gasteiger partial charge on any atom is -0.382 e. The predicted octanol–water partition coefficient (Wildman–Crippen LogP) is 2.44. The van der Waals surface area contributed by atoms with E-state index in [2.05, 4.69) is 36.5 Å². The average Bonchev–Trinajstić information content (AvgIpc) is 2.81. The van der Waals surface area contributed by atoms with Gasteiger partial charge in [-0.05, 0) is 31.0 Å². The number of hydrogen-bond donors (Lipinski definition) is 1. The lowest BCUT2D eigenvalue weighted by Gasteiger charge is -2.18. The number of rotatable bonds is 7. The van der Waals surface area contributed by atoms with E-state index in [9.17, 15) is 0 Å². The van der Waals surface area contributed by atoms with Gasteiger partial charge in [0.15, 0.2) is 0 Å². The second kappa shape index (κ2) is 7.48. The van der Waals surface area contributed by atoms with Crippen LogP contribution in [0.25, 0.3) is 0 Å². The van der Waals surface area contributed by atoms with Gasteiger partial charge in [0.05, 0.1) is 32.0 Å². The molecule has 0 spiro atoms. The molecule has 1 aliphatic heterocycles. The van der Waals surface area contributed by atoms with Gasteiger partial charge in [0.1, 0.15) is 0 Å². The van der Waals surface area contributed by atoms with Gasteiger partial charge in [0, 0.05) is 19.4 Å². The minimum atomic E-state index is 0.279. The Morgan fingerprint density at radius 2 is 2.26 bits per heavy atom. The normalized spacial score (nSPS) is 22.6. The Balaban J connectivity index is 1.84. The fourth-order valence-corrected chi connectivity index (χ4v) is 2.22. The third-order valence-electron chi connectivity index (χ3n) is 3.36. The number of ether oxygens (including phenoxy) is 3. The van der Waals surface area contributed by atoms with Gasteiger partial charge in [-0.1, -0.05) is 12.1 Å². The molecular formula is C15H23NO3. The van der Waals surface area contributed by atoms with Crippen LogP contribution in [-0.4, -0.2) is 39.1 Å². The maximum absolute atomic E-state index is 5.56. The first-order valence-electron chi connectivity index (χ1n) is 6.83. The SMILES string of the molecule is COCCOCc1cccc(NC2CCOC2C)c1. The summed E-state index contributed by atoms with van der Waals surface area (Å²) in [6, 6.07) is 8.76. The van der Waals surface area contributed by atoms with Crippen LogP contribution in [0.2, 0.25) is 0 Å². The Hall–Kier alpha value is -1.10. The monoisotopic (exact) mass is 265 g/mol. The molecule has 0 amide bonds. The minimum absolute atomic E-state index is 0.279. The zero-order valence-corrected chi connectivity index (χ0v) is 11.7. The lowest BCUT2D eigenvalue weighted by atomic mass is 10.1. The van der Waals surface area contributed by atoms with Crippen LogP contribution < -0.4 is 5.32 Å². The first kappa shape index (κ1) is 14.3. The number of benzene rings is 1. The van der Waals surface area contributed by atoms with E-state index in [-0.39, 0.29) is 6.10 Å². The summed E-state index contributed by atoms with van der Waals surface area (Å²) in [7, 11) is 1.68. The molecule has 1 saturated heterocycles. The van der Waals surface area contributed by atoms with Crippen LogP contribution in [0.1, 0.15) is 18.9 Å². The Kier molecular flexibility index (Phi) is 5.63. The van der Waals surface area contributed by atoms with Gasteiger partial charge < -0.3 is 19.5 Å². The standard InChI is InChI=1S/C15H23NO3/c1-12-15(6-7-19-12)16-14-5-3-4-13(10-14)11-18-9-8-17-2/h3-5,10,12,15-16H,6-9,11H2,1-2H3. The highest BCUT2D eigenvalue weighted by Crippen LogP contribution is 2.19. The summed E-state index contributed by atoms with van der Waals surface area (Å²) in [4.78, 5) is 0. The molecule has 19 heavy (non-hydrogen) atoms. The lowest BCUT2D eigenvalue weighted by Crippen LogP contribution is -2.26. The van der Waals surface area contributed by atoms with E-state index in [0.29, 0.717) is 25.9 Å². The van der Waals surface area contributed by atoms with E-state index in [4.69, 9.17) is 14.2 Å². The molecule has 1 aromatic rings. The van der Waals surface area contributed by atoms with Crippen molar-refractivity contribution in [3.8, 4) is 0 Å². The summed E-state index contributed by atoms with van der Waals surface area (Å²) in [5.41, 5.74) is 2.31. The van der Waals surface area contributed by atoms with E-state index in [1.165, 1.54) is 5.56 Å². The molecule has 2 unspecified atom stereocenters. The molecule has 0 bridgehead atoms. The van der Waals surface area contributed by atoms with Crippen LogP contribution in [0.4, 0.5) is 5.69 Å². The number of nitrogens with one attached hydrogen (secondary N) is 1. The van der Waals surface area contributed by atoms with E-state index >= 15 is 0 Å². The highest BCUT2D eigenvalue weighted by atomic mass is 16.5. The third-order valence-corrected chi connectivity index (χ3v) is 3.36. The van der Waals surface area contributed by atoms with Crippen molar-refractivity contribution < 1.29 is 14.2 Å².